The van der Waals surface area contributed by atoms with Gasteiger partial charge in [-0.1, -0.05) is 0 Å². The summed E-state index contributed by atoms with van der Waals surface area (Å²) in [4.78, 5) is 20.7. The van der Waals surface area contributed by atoms with Crippen LogP contribution >= 0.6 is 0 Å². The number of hydrogen-bond acceptors (Lipinski definition) is 10. The number of ether oxygens (including phenoxy) is 6. The standard InChI is InChI=1S/C12H24O6.C8H6O5.Cs/c1-2-14-5-6-16-9-10-18-12-11-17-8-7-15-4-3-13-1;9-6-2-4(7(10)11)1-5(3-6)8(12)13;/h1-12H2;1-3,9H,(H,10,11)(H,12,13);/q;;+1/p-1. The van der Waals surface area contributed by atoms with Crippen molar-refractivity contribution in [1.82, 2.24) is 0 Å². The van der Waals surface area contributed by atoms with Gasteiger partial charge in [-0.3, -0.25) is 0 Å². The van der Waals surface area contributed by atoms with Crippen molar-refractivity contribution in [2.75, 3.05) is 79.3 Å². The van der Waals surface area contributed by atoms with Crippen LogP contribution in [0.15, 0.2) is 18.2 Å². The van der Waals surface area contributed by atoms with Crippen molar-refractivity contribution < 1.29 is 122 Å². The van der Waals surface area contributed by atoms with Gasteiger partial charge in [0.25, 0.3) is 0 Å². The fraction of sp³-hybridized carbons (Fsp3) is 0.600. The number of aromatic carboxylic acids is 2. The summed E-state index contributed by atoms with van der Waals surface area (Å²) in [6.07, 6.45) is 0. The number of carboxylic acids is 2. The summed E-state index contributed by atoms with van der Waals surface area (Å²) < 4.78 is 32.0. The summed E-state index contributed by atoms with van der Waals surface area (Å²) in [5, 5.41) is 27.7. The maximum Gasteiger partial charge on any atom is 1.00 e. The van der Waals surface area contributed by atoms with Gasteiger partial charge in [0.15, 0.2) is 0 Å². The van der Waals surface area contributed by atoms with E-state index in [9.17, 15) is 14.7 Å². The van der Waals surface area contributed by atoms with Crippen LogP contribution in [0.5, 0.6) is 5.75 Å². The zero-order valence-electron chi connectivity index (χ0n) is 18.3. The Morgan fingerprint density at radius 3 is 1.16 bits per heavy atom. The summed E-state index contributed by atoms with van der Waals surface area (Å²) in [5.41, 5.74) is -0.656. The van der Waals surface area contributed by atoms with E-state index in [1.165, 1.54) is 0 Å². The van der Waals surface area contributed by atoms with Crippen molar-refractivity contribution in [1.29, 1.82) is 0 Å². The van der Waals surface area contributed by atoms with E-state index >= 15 is 0 Å². The van der Waals surface area contributed by atoms with Gasteiger partial charge in [0.05, 0.1) is 90.8 Å². The number of rotatable bonds is 2. The average molecular weight is 578 g/mol. The third-order valence-electron chi connectivity index (χ3n) is 3.63. The molecular formula is C20H29CsO11. The van der Waals surface area contributed by atoms with Gasteiger partial charge in [0.2, 0.25) is 0 Å². The molecule has 1 aromatic rings. The van der Waals surface area contributed by atoms with Crippen LogP contribution in [0.25, 0.3) is 0 Å². The Morgan fingerprint density at radius 1 is 0.625 bits per heavy atom. The molecule has 0 unspecified atom stereocenters. The van der Waals surface area contributed by atoms with Crippen LogP contribution in [0, 0.1) is 0 Å². The molecule has 0 saturated carbocycles. The molecule has 1 aliphatic heterocycles. The molecular weight excluding hydrogens is 549 g/mol. The number of carbonyl (C=O) groups is 2. The van der Waals surface area contributed by atoms with E-state index in [-0.39, 0.29) is 80.0 Å². The van der Waals surface area contributed by atoms with E-state index in [1.54, 1.807) is 0 Å². The normalized spacial score (nSPS) is 17.4. The molecule has 1 fully saturated rings. The minimum Gasteiger partial charge on any atom is -0.545 e. The number of carboxylic acid groups (broad SMARTS) is 2. The van der Waals surface area contributed by atoms with Crippen molar-refractivity contribution in [2.45, 2.75) is 0 Å². The first-order chi connectivity index (χ1) is 15.0. The third kappa shape index (κ3) is 17.3. The van der Waals surface area contributed by atoms with Crippen LogP contribution in [0.3, 0.4) is 0 Å². The Balaban J connectivity index is 0.000000611. The van der Waals surface area contributed by atoms with Gasteiger partial charge in [0, 0.05) is 5.56 Å². The van der Waals surface area contributed by atoms with Crippen LogP contribution in [-0.2, 0) is 28.4 Å². The summed E-state index contributed by atoms with van der Waals surface area (Å²) in [5.74, 6) is -3.25. The quantitative estimate of drug-likeness (QED) is 0.361. The minimum atomic E-state index is -1.53. The van der Waals surface area contributed by atoms with Gasteiger partial charge in [0.1, 0.15) is 5.75 Å². The second-order valence-electron chi connectivity index (χ2n) is 6.04. The molecule has 176 valence electrons. The zero-order valence-corrected chi connectivity index (χ0v) is 24.6. The third-order valence-corrected chi connectivity index (χ3v) is 3.63. The molecule has 1 saturated heterocycles. The van der Waals surface area contributed by atoms with Crippen LogP contribution in [0.1, 0.15) is 20.7 Å². The number of hydrogen-bond donors (Lipinski definition) is 2. The van der Waals surface area contributed by atoms with Gasteiger partial charge in [-0.2, -0.15) is 0 Å². The maximum atomic E-state index is 10.4. The second-order valence-corrected chi connectivity index (χ2v) is 6.04. The number of benzene rings is 1. The van der Waals surface area contributed by atoms with Crippen molar-refractivity contribution in [3.8, 4) is 5.75 Å². The van der Waals surface area contributed by atoms with E-state index in [2.05, 4.69) is 0 Å². The topological polar surface area (TPSA) is 153 Å². The number of phenolic OH excluding ortho intramolecular Hbond substituents is 1. The van der Waals surface area contributed by atoms with Crippen molar-refractivity contribution in [2.24, 2.45) is 0 Å². The smallest absolute Gasteiger partial charge is 0.545 e. The second kappa shape index (κ2) is 21.3. The average Bonchev–Trinajstić information content (AvgIpc) is 2.74. The van der Waals surface area contributed by atoms with Gasteiger partial charge >= 0.3 is 74.9 Å². The van der Waals surface area contributed by atoms with Gasteiger partial charge in [-0.25, -0.2) is 4.79 Å². The molecule has 2 N–H and O–H groups in total. The van der Waals surface area contributed by atoms with Crippen LogP contribution in [0.4, 0.5) is 0 Å². The SMILES string of the molecule is C1COCCOCCOCCOCCOCCO1.O=C([O-])c1cc(O)cc(C(=O)O)c1.[Cs+]. The molecule has 11 nitrogen and oxygen atoms in total. The van der Waals surface area contributed by atoms with Crippen molar-refractivity contribution >= 4 is 11.9 Å². The molecule has 0 atom stereocenters. The molecule has 0 aromatic heterocycles. The predicted octanol–water partition coefficient (Wildman–Crippen LogP) is -3.44. The van der Waals surface area contributed by atoms with Crippen LogP contribution in [0.2, 0.25) is 0 Å². The Labute approximate surface area is 245 Å². The summed E-state index contributed by atoms with van der Waals surface area (Å²) in [6.45, 7) is 7.04. The van der Waals surface area contributed by atoms with Gasteiger partial charge in [-0.15, -0.1) is 0 Å². The molecule has 1 aromatic carbocycles. The summed E-state index contributed by atoms with van der Waals surface area (Å²) >= 11 is 0. The number of phenols is 1. The van der Waals surface area contributed by atoms with Crippen LogP contribution in [-0.4, -0.2) is 101 Å². The molecule has 0 spiro atoms. The first-order valence-electron chi connectivity index (χ1n) is 9.76. The van der Waals surface area contributed by atoms with E-state index < -0.39 is 17.7 Å². The van der Waals surface area contributed by atoms with E-state index in [0.717, 1.165) is 18.2 Å². The Kier molecular flexibility index (Phi) is 21.2. The molecule has 2 rings (SSSR count). The molecule has 12 heteroatoms. The van der Waals surface area contributed by atoms with E-state index in [0.29, 0.717) is 79.3 Å². The van der Waals surface area contributed by atoms with Crippen LogP contribution < -0.4 is 74.0 Å². The molecule has 1 heterocycles. The summed E-state index contributed by atoms with van der Waals surface area (Å²) in [7, 11) is 0. The molecule has 1 aliphatic rings. The largest absolute Gasteiger partial charge is 1.00 e. The molecule has 0 radical (unpaired) electrons. The fourth-order valence-corrected chi connectivity index (χ4v) is 2.17. The number of carbonyl (C=O) groups excluding carboxylic acids is 1. The van der Waals surface area contributed by atoms with Crippen molar-refractivity contribution in [3.63, 3.8) is 0 Å². The Bertz CT molecular complexity index is 535. The minimum absolute atomic E-state index is 0. The molecule has 0 bridgehead atoms. The zero-order chi connectivity index (χ0) is 22.7. The van der Waals surface area contributed by atoms with E-state index in [4.69, 9.17) is 38.6 Å². The molecule has 32 heavy (non-hydrogen) atoms. The fourth-order valence-electron chi connectivity index (χ4n) is 2.17. The number of aromatic hydroxyl groups is 1. The molecule has 0 aliphatic carbocycles. The molecule has 0 amide bonds. The van der Waals surface area contributed by atoms with Gasteiger partial charge < -0.3 is 48.5 Å². The van der Waals surface area contributed by atoms with E-state index in [1.807, 2.05) is 0 Å². The van der Waals surface area contributed by atoms with Gasteiger partial charge in [-0.05, 0) is 18.2 Å². The first-order valence-corrected chi connectivity index (χ1v) is 9.76. The van der Waals surface area contributed by atoms with Crippen molar-refractivity contribution in [3.05, 3.63) is 29.3 Å². The Hall–Kier alpha value is -0.228. The Morgan fingerprint density at radius 2 is 0.906 bits per heavy atom. The maximum absolute atomic E-state index is 10.4. The first kappa shape index (κ1) is 31.8. The predicted molar refractivity (Wildman–Crippen MR) is 104 cm³/mol. The monoisotopic (exact) mass is 578 g/mol. The summed E-state index contributed by atoms with van der Waals surface area (Å²) in [6, 6.07) is 2.79.